The molecule has 0 atom stereocenters. The lowest BCUT2D eigenvalue weighted by molar-refractivity contribution is -0.119. The number of esters is 1. The summed E-state index contributed by atoms with van der Waals surface area (Å²) in [4.78, 5) is 29.9. The Morgan fingerprint density at radius 2 is 2.14 bits per heavy atom. The first-order valence-corrected chi connectivity index (χ1v) is 10.1. The maximum absolute atomic E-state index is 12.4. The minimum absolute atomic E-state index is 0.382. The Morgan fingerprint density at radius 3 is 2.96 bits per heavy atom. The van der Waals surface area contributed by atoms with E-state index in [0.717, 1.165) is 31.2 Å². The van der Waals surface area contributed by atoms with Gasteiger partial charge in [0.25, 0.3) is 5.91 Å². The number of anilines is 1. The van der Waals surface area contributed by atoms with E-state index in [9.17, 15) is 9.59 Å². The molecular weight excluding hydrogens is 400 g/mol. The third-order valence-electron chi connectivity index (χ3n) is 4.51. The van der Waals surface area contributed by atoms with Gasteiger partial charge >= 0.3 is 5.97 Å². The fourth-order valence-electron chi connectivity index (χ4n) is 3.20. The Labute approximate surface area is 170 Å². The van der Waals surface area contributed by atoms with Gasteiger partial charge in [0, 0.05) is 15.3 Å². The standard InChI is InChI=1S/C19H17ClN4O3S/c20-12-5-6-16(24-11-21-10-22-24)15(7-12)23-18(25)8-27-19(26)14-9-28-17-4-2-1-3-13(14)17/h5-7,9-11H,1-4,8H2,(H,23,25). The van der Waals surface area contributed by atoms with E-state index < -0.39 is 11.9 Å². The molecule has 7 nitrogen and oxygen atoms in total. The van der Waals surface area contributed by atoms with Crippen LogP contribution >= 0.6 is 22.9 Å². The molecule has 4 rings (SSSR count). The number of rotatable bonds is 5. The number of amides is 1. The highest BCUT2D eigenvalue weighted by Crippen LogP contribution is 2.30. The summed E-state index contributed by atoms with van der Waals surface area (Å²) in [7, 11) is 0. The van der Waals surface area contributed by atoms with Gasteiger partial charge in [-0.1, -0.05) is 11.6 Å². The fraction of sp³-hybridized carbons (Fsp3) is 0.263. The second-order valence-corrected chi connectivity index (χ2v) is 7.78. The average molecular weight is 417 g/mol. The molecular formula is C19H17ClN4O3S. The molecule has 1 N–H and O–H groups in total. The molecule has 1 amide bonds. The summed E-state index contributed by atoms with van der Waals surface area (Å²) in [6.45, 7) is -0.382. The van der Waals surface area contributed by atoms with Gasteiger partial charge in [0.2, 0.25) is 0 Å². The molecule has 1 aliphatic carbocycles. The zero-order valence-electron chi connectivity index (χ0n) is 14.9. The molecule has 28 heavy (non-hydrogen) atoms. The number of aromatic nitrogens is 3. The molecule has 3 aromatic rings. The number of fused-ring (bicyclic) bond motifs is 1. The quantitative estimate of drug-likeness (QED) is 0.641. The van der Waals surface area contributed by atoms with Crippen LogP contribution < -0.4 is 5.32 Å². The Bertz CT molecular complexity index is 1020. The van der Waals surface area contributed by atoms with Crippen molar-refractivity contribution in [3.8, 4) is 5.69 Å². The van der Waals surface area contributed by atoms with E-state index in [1.54, 1.807) is 29.5 Å². The number of nitrogens with zero attached hydrogens (tertiary/aromatic N) is 3. The highest BCUT2D eigenvalue weighted by Gasteiger charge is 2.22. The van der Waals surface area contributed by atoms with Gasteiger partial charge in [0.15, 0.2) is 6.61 Å². The number of nitrogens with one attached hydrogen (secondary N) is 1. The number of ether oxygens (including phenoxy) is 1. The first-order chi connectivity index (χ1) is 13.6. The first-order valence-electron chi connectivity index (χ1n) is 8.82. The van der Waals surface area contributed by atoms with Crippen molar-refractivity contribution in [2.75, 3.05) is 11.9 Å². The maximum atomic E-state index is 12.4. The minimum atomic E-state index is -0.461. The van der Waals surface area contributed by atoms with Gasteiger partial charge in [-0.2, -0.15) is 5.10 Å². The predicted molar refractivity (Wildman–Crippen MR) is 106 cm³/mol. The molecule has 0 unspecified atom stereocenters. The van der Waals surface area contributed by atoms with Crippen LogP contribution in [0.4, 0.5) is 5.69 Å². The minimum Gasteiger partial charge on any atom is -0.452 e. The summed E-state index contributed by atoms with van der Waals surface area (Å²) >= 11 is 7.63. The molecule has 1 aromatic carbocycles. The van der Waals surface area contributed by atoms with E-state index in [1.165, 1.54) is 22.2 Å². The fourth-order valence-corrected chi connectivity index (χ4v) is 4.49. The smallest absolute Gasteiger partial charge is 0.339 e. The largest absolute Gasteiger partial charge is 0.452 e. The summed E-state index contributed by atoms with van der Waals surface area (Å²) < 4.78 is 6.74. The molecule has 1 aliphatic rings. The molecule has 0 saturated carbocycles. The van der Waals surface area contributed by atoms with Gasteiger partial charge < -0.3 is 10.1 Å². The van der Waals surface area contributed by atoms with Crippen molar-refractivity contribution < 1.29 is 14.3 Å². The van der Waals surface area contributed by atoms with E-state index in [1.807, 2.05) is 5.38 Å². The van der Waals surface area contributed by atoms with Crippen LogP contribution in [0.15, 0.2) is 36.2 Å². The van der Waals surface area contributed by atoms with Crippen LogP contribution in [0.3, 0.4) is 0 Å². The second-order valence-electron chi connectivity index (χ2n) is 6.38. The number of carbonyl (C=O) groups is 2. The predicted octanol–water partition coefficient (Wildman–Crippen LogP) is 3.66. The maximum Gasteiger partial charge on any atom is 0.339 e. The highest BCUT2D eigenvalue weighted by atomic mass is 35.5. The average Bonchev–Trinajstić information content (AvgIpc) is 3.36. The van der Waals surface area contributed by atoms with E-state index >= 15 is 0 Å². The summed E-state index contributed by atoms with van der Waals surface area (Å²) in [6.07, 6.45) is 7.03. The summed E-state index contributed by atoms with van der Waals surface area (Å²) in [5.74, 6) is -0.918. The van der Waals surface area contributed by atoms with Crippen LogP contribution in [0.1, 0.15) is 33.6 Å². The van der Waals surface area contributed by atoms with Gasteiger partial charge in [0.05, 0.1) is 16.9 Å². The Kier molecular flexibility index (Phi) is 5.40. The molecule has 0 fully saturated rings. The van der Waals surface area contributed by atoms with Gasteiger partial charge in [-0.25, -0.2) is 14.5 Å². The number of carbonyl (C=O) groups excluding carboxylic acids is 2. The number of hydrogen-bond acceptors (Lipinski definition) is 6. The second kappa shape index (κ2) is 8.12. The molecule has 9 heteroatoms. The number of halogens is 1. The van der Waals surface area contributed by atoms with Gasteiger partial charge in [-0.3, -0.25) is 4.79 Å². The van der Waals surface area contributed by atoms with Crippen LogP contribution in [0.5, 0.6) is 0 Å². The molecule has 0 saturated heterocycles. The van der Waals surface area contributed by atoms with Crippen molar-refractivity contribution in [1.29, 1.82) is 0 Å². The highest BCUT2D eigenvalue weighted by molar-refractivity contribution is 7.10. The summed E-state index contributed by atoms with van der Waals surface area (Å²) in [5.41, 5.74) is 2.71. The van der Waals surface area contributed by atoms with E-state index in [0.29, 0.717) is 22.0 Å². The number of benzene rings is 1. The lowest BCUT2D eigenvalue weighted by Crippen LogP contribution is -2.22. The van der Waals surface area contributed by atoms with Crippen LogP contribution in [-0.4, -0.2) is 33.2 Å². The van der Waals surface area contributed by atoms with Crippen molar-refractivity contribution in [1.82, 2.24) is 14.8 Å². The van der Waals surface area contributed by atoms with Crippen LogP contribution in [0.25, 0.3) is 5.69 Å². The summed E-state index contributed by atoms with van der Waals surface area (Å²) in [5, 5.41) is 9.06. The zero-order valence-corrected chi connectivity index (χ0v) is 16.4. The van der Waals surface area contributed by atoms with Crippen molar-refractivity contribution in [3.05, 3.63) is 57.3 Å². The number of thiophene rings is 1. The monoisotopic (exact) mass is 416 g/mol. The van der Waals surface area contributed by atoms with E-state index in [2.05, 4.69) is 15.4 Å². The molecule has 144 valence electrons. The first kappa shape index (κ1) is 18.6. The summed E-state index contributed by atoms with van der Waals surface area (Å²) in [6, 6.07) is 5.01. The zero-order chi connectivity index (χ0) is 19.5. The molecule has 2 aromatic heterocycles. The van der Waals surface area contributed by atoms with Gasteiger partial charge in [-0.15, -0.1) is 11.3 Å². The number of aryl methyl sites for hydroxylation is 1. The third kappa shape index (κ3) is 3.93. The normalized spacial score (nSPS) is 13.0. The molecule has 0 radical (unpaired) electrons. The van der Waals surface area contributed by atoms with E-state index in [4.69, 9.17) is 16.3 Å². The molecule has 0 aliphatic heterocycles. The lowest BCUT2D eigenvalue weighted by atomic mass is 9.96. The Balaban J connectivity index is 1.42. The van der Waals surface area contributed by atoms with Crippen molar-refractivity contribution >= 4 is 40.5 Å². The molecule has 2 heterocycles. The van der Waals surface area contributed by atoms with Crippen molar-refractivity contribution in [3.63, 3.8) is 0 Å². The van der Waals surface area contributed by atoms with Gasteiger partial charge in [-0.05, 0) is 49.4 Å². The van der Waals surface area contributed by atoms with Crippen LogP contribution in [-0.2, 0) is 22.4 Å². The van der Waals surface area contributed by atoms with Gasteiger partial charge in [0.1, 0.15) is 12.7 Å². The molecule has 0 bridgehead atoms. The van der Waals surface area contributed by atoms with Crippen LogP contribution in [0, 0.1) is 0 Å². The van der Waals surface area contributed by atoms with Crippen LogP contribution in [0.2, 0.25) is 5.02 Å². The topological polar surface area (TPSA) is 86.1 Å². The molecule has 0 spiro atoms. The third-order valence-corrected chi connectivity index (χ3v) is 5.84. The Morgan fingerprint density at radius 1 is 1.29 bits per heavy atom. The lowest BCUT2D eigenvalue weighted by Gasteiger charge is -2.13. The Hall–Kier alpha value is -2.71. The number of hydrogen-bond donors (Lipinski definition) is 1. The van der Waals surface area contributed by atoms with Crippen molar-refractivity contribution in [2.45, 2.75) is 25.7 Å². The van der Waals surface area contributed by atoms with Crippen molar-refractivity contribution in [2.24, 2.45) is 0 Å². The SMILES string of the molecule is O=C(COC(=O)c1csc2c1CCCC2)Nc1cc(Cl)ccc1-n1cncn1. The van der Waals surface area contributed by atoms with E-state index in [-0.39, 0.29) is 6.61 Å².